The normalized spacial score (nSPS) is 18.0. The van der Waals surface area contributed by atoms with Gasteiger partial charge in [-0.1, -0.05) is 18.2 Å². The van der Waals surface area contributed by atoms with Crippen molar-refractivity contribution in [3.8, 4) is 0 Å². The Morgan fingerprint density at radius 1 is 1.28 bits per heavy atom. The molecule has 140 valence electrons. The van der Waals surface area contributed by atoms with E-state index in [2.05, 4.69) is 10.2 Å². The molecule has 25 heavy (non-hydrogen) atoms. The third-order valence-corrected chi connectivity index (χ3v) is 6.19. The molecular formula is C16H26N4O4S. The van der Waals surface area contributed by atoms with Gasteiger partial charge in [-0.3, -0.25) is 4.79 Å². The summed E-state index contributed by atoms with van der Waals surface area (Å²) in [5, 5.41) is 2.67. The Morgan fingerprint density at radius 2 is 1.92 bits per heavy atom. The SMILES string of the molecule is COCC(N)C(=O)NCc1ccccc1S(=O)(=O)N1CCN(C)CC1. The van der Waals surface area contributed by atoms with Crippen molar-refractivity contribution in [3.05, 3.63) is 29.8 Å². The molecule has 8 nitrogen and oxygen atoms in total. The van der Waals surface area contributed by atoms with E-state index in [1.807, 2.05) is 7.05 Å². The number of piperazine rings is 1. The minimum Gasteiger partial charge on any atom is -0.383 e. The molecule has 0 spiro atoms. The van der Waals surface area contributed by atoms with Gasteiger partial charge in [0.2, 0.25) is 15.9 Å². The molecule has 2 rings (SSSR count). The van der Waals surface area contributed by atoms with Crippen LogP contribution in [0.4, 0.5) is 0 Å². The third-order valence-electron chi connectivity index (χ3n) is 4.19. The molecule has 1 aromatic carbocycles. The Hall–Kier alpha value is -1.52. The number of benzene rings is 1. The number of amides is 1. The number of carbonyl (C=O) groups excluding carboxylic acids is 1. The zero-order valence-electron chi connectivity index (χ0n) is 14.6. The number of carbonyl (C=O) groups is 1. The average molecular weight is 370 g/mol. The standard InChI is InChI=1S/C16H26N4O4S/c1-19-7-9-20(10-8-19)25(22,23)15-6-4-3-5-13(15)11-18-16(21)14(17)12-24-2/h3-6,14H,7-12,17H2,1-2H3,(H,18,21). The number of nitrogens with one attached hydrogen (secondary N) is 1. The second kappa shape index (κ2) is 8.72. The van der Waals surface area contributed by atoms with Crippen LogP contribution in [0.1, 0.15) is 5.56 Å². The molecule has 0 bridgehead atoms. The number of hydrogen-bond donors (Lipinski definition) is 2. The fourth-order valence-corrected chi connectivity index (χ4v) is 4.28. The van der Waals surface area contributed by atoms with Gasteiger partial charge in [-0.2, -0.15) is 4.31 Å². The largest absolute Gasteiger partial charge is 0.383 e. The molecule has 1 aliphatic heterocycles. The smallest absolute Gasteiger partial charge is 0.243 e. The van der Waals surface area contributed by atoms with E-state index in [1.54, 1.807) is 24.3 Å². The van der Waals surface area contributed by atoms with Crippen molar-refractivity contribution in [1.82, 2.24) is 14.5 Å². The summed E-state index contributed by atoms with van der Waals surface area (Å²) in [4.78, 5) is 14.2. The Kier molecular flexibility index (Phi) is 6.91. The minimum atomic E-state index is -3.60. The first-order valence-electron chi connectivity index (χ1n) is 8.15. The van der Waals surface area contributed by atoms with E-state index in [0.29, 0.717) is 31.7 Å². The summed E-state index contributed by atoms with van der Waals surface area (Å²) in [7, 11) is -0.163. The van der Waals surface area contributed by atoms with E-state index in [4.69, 9.17) is 10.5 Å². The summed E-state index contributed by atoms with van der Waals surface area (Å²) < 4.78 is 32.2. The highest BCUT2D eigenvalue weighted by Crippen LogP contribution is 2.21. The van der Waals surface area contributed by atoms with Gasteiger partial charge in [0.15, 0.2) is 0 Å². The van der Waals surface area contributed by atoms with Gasteiger partial charge in [0.1, 0.15) is 6.04 Å². The quantitative estimate of drug-likeness (QED) is 0.652. The molecule has 1 aromatic rings. The molecule has 3 N–H and O–H groups in total. The predicted molar refractivity (Wildman–Crippen MR) is 94.4 cm³/mol. The van der Waals surface area contributed by atoms with Crippen molar-refractivity contribution in [2.75, 3.05) is 46.9 Å². The zero-order chi connectivity index (χ0) is 18.4. The zero-order valence-corrected chi connectivity index (χ0v) is 15.5. The predicted octanol–water partition coefficient (Wildman–Crippen LogP) is -0.787. The van der Waals surface area contributed by atoms with Crippen molar-refractivity contribution < 1.29 is 17.9 Å². The first kappa shape index (κ1) is 19.8. The monoisotopic (exact) mass is 370 g/mol. The Morgan fingerprint density at radius 3 is 2.56 bits per heavy atom. The fourth-order valence-electron chi connectivity index (χ4n) is 2.64. The summed E-state index contributed by atoms with van der Waals surface area (Å²) >= 11 is 0. The van der Waals surface area contributed by atoms with Gasteiger partial charge in [-0.25, -0.2) is 8.42 Å². The van der Waals surface area contributed by atoms with Gasteiger partial charge in [0.25, 0.3) is 0 Å². The van der Waals surface area contributed by atoms with Crippen molar-refractivity contribution in [2.45, 2.75) is 17.5 Å². The van der Waals surface area contributed by atoms with Crippen LogP contribution < -0.4 is 11.1 Å². The first-order valence-corrected chi connectivity index (χ1v) is 9.59. The molecule has 1 unspecified atom stereocenters. The molecule has 1 amide bonds. The second-order valence-electron chi connectivity index (χ2n) is 6.09. The maximum Gasteiger partial charge on any atom is 0.243 e. The molecule has 0 aromatic heterocycles. The van der Waals surface area contributed by atoms with Gasteiger partial charge in [-0.05, 0) is 18.7 Å². The maximum atomic E-state index is 12.9. The van der Waals surface area contributed by atoms with Gasteiger partial charge >= 0.3 is 0 Å². The minimum absolute atomic E-state index is 0.0966. The lowest BCUT2D eigenvalue weighted by molar-refractivity contribution is -0.123. The summed E-state index contributed by atoms with van der Waals surface area (Å²) in [5.74, 6) is -0.381. The average Bonchev–Trinajstić information content (AvgIpc) is 2.60. The second-order valence-corrected chi connectivity index (χ2v) is 8.00. The molecule has 9 heteroatoms. The highest BCUT2D eigenvalue weighted by atomic mass is 32.2. The van der Waals surface area contributed by atoms with Crippen LogP contribution in [-0.4, -0.2) is 76.5 Å². The van der Waals surface area contributed by atoms with Crippen LogP contribution in [0.25, 0.3) is 0 Å². The number of likely N-dealkylation sites (N-methyl/N-ethyl adjacent to an activating group) is 1. The van der Waals surface area contributed by atoms with Crippen LogP contribution in [-0.2, 0) is 26.1 Å². The van der Waals surface area contributed by atoms with Gasteiger partial charge in [0.05, 0.1) is 11.5 Å². The Labute approximate surface area is 149 Å². The molecule has 0 aliphatic carbocycles. The van der Waals surface area contributed by atoms with E-state index >= 15 is 0 Å². The van der Waals surface area contributed by atoms with Crippen LogP contribution >= 0.6 is 0 Å². The molecule has 0 saturated carbocycles. The number of nitrogens with zero attached hydrogens (tertiary/aromatic N) is 2. The Bertz CT molecular complexity index is 687. The van der Waals surface area contributed by atoms with Crippen LogP contribution in [0, 0.1) is 0 Å². The topological polar surface area (TPSA) is 105 Å². The number of ether oxygens (including phenoxy) is 1. The van der Waals surface area contributed by atoms with E-state index in [1.165, 1.54) is 11.4 Å². The van der Waals surface area contributed by atoms with Crippen LogP contribution in [0.15, 0.2) is 29.2 Å². The van der Waals surface area contributed by atoms with Crippen LogP contribution in [0.5, 0.6) is 0 Å². The molecule has 0 radical (unpaired) electrons. The number of rotatable bonds is 7. The van der Waals surface area contributed by atoms with Crippen LogP contribution in [0.3, 0.4) is 0 Å². The molecule has 1 fully saturated rings. The number of hydrogen-bond acceptors (Lipinski definition) is 6. The highest BCUT2D eigenvalue weighted by Gasteiger charge is 2.29. The van der Waals surface area contributed by atoms with E-state index in [9.17, 15) is 13.2 Å². The summed E-state index contributed by atoms with van der Waals surface area (Å²) in [6, 6.07) is 5.92. The Balaban J connectivity index is 2.13. The van der Waals surface area contributed by atoms with Gasteiger partial charge < -0.3 is 20.7 Å². The highest BCUT2D eigenvalue weighted by molar-refractivity contribution is 7.89. The van der Waals surface area contributed by atoms with E-state index in [0.717, 1.165) is 0 Å². The third kappa shape index (κ3) is 4.99. The van der Waals surface area contributed by atoms with Crippen LogP contribution in [0.2, 0.25) is 0 Å². The van der Waals surface area contributed by atoms with Crippen molar-refractivity contribution in [3.63, 3.8) is 0 Å². The van der Waals surface area contributed by atoms with Gasteiger partial charge in [-0.15, -0.1) is 0 Å². The molecule has 1 aliphatic rings. The molecule has 1 saturated heterocycles. The lowest BCUT2D eigenvalue weighted by atomic mass is 10.2. The molecule has 1 heterocycles. The molecular weight excluding hydrogens is 344 g/mol. The van der Waals surface area contributed by atoms with Crippen molar-refractivity contribution in [2.24, 2.45) is 5.73 Å². The maximum absolute atomic E-state index is 12.9. The first-order chi connectivity index (χ1) is 11.9. The number of methoxy groups -OCH3 is 1. The lowest BCUT2D eigenvalue weighted by Crippen LogP contribution is -2.47. The molecule has 1 atom stereocenters. The number of sulfonamides is 1. The van der Waals surface area contributed by atoms with E-state index < -0.39 is 16.1 Å². The number of nitrogens with two attached hydrogens (primary N) is 1. The fraction of sp³-hybridized carbons (Fsp3) is 0.562. The van der Waals surface area contributed by atoms with E-state index in [-0.39, 0.29) is 24.0 Å². The van der Waals surface area contributed by atoms with Crippen molar-refractivity contribution >= 4 is 15.9 Å². The van der Waals surface area contributed by atoms with Gasteiger partial charge in [0, 0.05) is 39.8 Å². The summed E-state index contributed by atoms with van der Waals surface area (Å²) in [6.45, 7) is 2.51. The summed E-state index contributed by atoms with van der Waals surface area (Å²) in [6.07, 6.45) is 0. The van der Waals surface area contributed by atoms with Crippen molar-refractivity contribution in [1.29, 1.82) is 0 Å². The lowest BCUT2D eigenvalue weighted by Gasteiger charge is -2.32. The summed E-state index contributed by atoms with van der Waals surface area (Å²) in [5.41, 5.74) is 6.22.